The van der Waals surface area contributed by atoms with E-state index in [-0.39, 0.29) is 10.3 Å². The van der Waals surface area contributed by atoms with Gasteiger partial charge < -0.3 is 0 Å². The fraction of sp³-hybridized carbons (Fsp3) is 0.286. The predicted molar refractivity (Wildman–Crippen MR) is 106 cm³/mol. The number of fused-ring (bicyclic) bond motifs is 3. The van der Waals surface area contributed by atoms with Crippen molar-refractivity contribution in [1.29, 1.82) is 0 Å². The Labute approximate surface area is 154 Å². The molecule has 1 N–H and O–H groups in total. The molecule has 1 heterocycles. The number of nitrogens with zero attached hydrogens (tertiary/aromatic N) is 1. The molecule has 0 saturated heterocycles. The molecular formula is C21H24NO3S+. The first-order chi connectivity index (χ1) is 12.2. The Morgan fingerprint density at radius 3 is 2.46 bits per heavy atom. The van der Waals surface area contributed by atoms with Crippen molar-refractivity contribution in [1.82, 2.24) is 0 Å². The van der Waals surface area contributed by atoms with Crippen LogP contribution < -0.4 is 0 Å². The summed E-state index contributed by atoms with van der Waals surface area (Å²) < 4.78 is 35.0. The van der Waals surface area contributed by atoms with Gasteiger partial charge in [-0.25, -0.2) is 0 Å². The summed E-state index contributed by atoms with van der Waals surface area (Å²) in [6.07, 6.45) is 8.12. The van der Waals surface area contributed by atoms with Crippen molar-refractivity contribution >= 4 is 32.3 Å². The van der Waals surface area contributed by atoms with Gasteiger partial charge in [-0.2, -0.15) is 13.0 Å². The molecule has 2 aromatic rings. The summed E-state index contributed by atoms with van der Waals surface area (Å²) in [6.45, 7) is 9.20. The average Bonchev–Trinajstić information content (AvgIpc) is 2.81. The molecule has 0 unspecified atom stereocenters. The second-order valence-corrected chi connectivity index (χ2v) is 8.38. The predicted octanol–water partition coefficient (Wildman–Crippen LogP) is 4.61. The molecule has 4 nitrogen and oxygen atoms in total. The topological polar surface area (TPSA) is 57.4 Å². The molecule has 0 radical (unpaired) electrons. The van der Waals surface area contributed by atoms with Gasteiger partial charge in [-0.1, -0.05) is 24.3 Å². The Morgan fingerprint density at radius 2 is 1.85 bits per heavy atom. The van der Waals surface area contributed by atoms with Gasteiger partial charge in [0.2, 0.25) is 5.69 Å². The standard InChI is InChI=1S/C21H23NO3S/c1-5-7-8-9-19-21(3,4)20-17-14-16(26(23,24)25)12-10-15(17)11-13-18(20)22(19)6-2/h5,7-14H,6H2,1-4H3/p+1/b7-5+,9-8+. The van der Waals surface area contributed by atoms with Crippen molar-refractivity contribution in [2.75, 3.05) is 6.54 Å². The van der Waals surface area contributed by atoms with E-state index in [9.17, 15) is 13.0 Å². The molecule has 0 aromatic heterocycles. The van der Waals surface area contributed by atoms with Crippen molar-refractivity contribution in [2.45, 2.75) is 38.0 Å². The second-order valence-electron chi connectivity index (χ2n) is 6.96. The quantitative estimate of drug-likeness (QED) is 0.485. The zero-order valence-electron chi connectivity index (χ0n) is 15.5. The summed E-state index contributed by atoms with van der Waals surface area (Å²) in [5.74, 6) is 0. The third kappa shape index (κ3) is 2.91. The molecule has 0 saturated carbocycles. The summed E-state index contributed by atoms with van der Waals surface area (Å²) in [7, 11) is -4.24. The molecule has 26 heavy (non-hydrogen) atoms. The summed E-state index contributed by atoms with van der Waals surface area (Å²) >= 11 is 0. The van der Waals surface area contributed by atoms with Crippen LogP contribution in [0.5, 0.6) is 0 Å². The zero-order chi connectivity index (χ0) is 19.1. The van der Waals surface area contributed by atoms with E-state index in [0.717, 1.165) is 34.3 Å². The van der Waals surface area contributed by atoms with Gasteiger partial charge in [0.05, 0.1) is 10.3 Å². The van der Waals surface area contributed by atoms with Gasteiger partial charge in [-0.15, -0.1) is 0 Å². The maximum atomic E-state index is 11.6. The minimum Gasteiger partial charge on any atom is -0.282 e. The normalized spacial score (nSPS) is 17.0. The lowest BCUT2D eigenvalue weighted by atomic mass is 9.79. The van der Waals surface area contributed by atoms with Gasteiger partial charge >= 0.3 is 0 Å². The lowest BCUT2D eigenvalue weighted by Crippen LogP contribution is -2.27. The Hall–Kier alpha value is -2.24. The van der Waals surface area contributed by atoms with Gasteiger partial charge in [0, 0.05) is 17.7 Å². The highest BCUT2D eigenvalue weighted by atomic mass is 32.2. The molecule has 136 valence electrons. The van der Waals surface area contributed by atoms with Crippen LogP contribution in [0, 0.1) is 0 Å². The van der Waals surface area contributed by atoms with E-state index in [0.29, 0.717) is 0 Å². The molecular weight excluding hydrogens is 346 g/mol. The monoisotopic (exact) mass is 370 g/mol. The summed E-state index contributed by atoms with van der Waals surface area (Å²) in [6, 6.07) is 8.86. The molecule has 3 rings (SSSR count). The number of benzene rings is 2. The van der Waals surface area contributed by atoms with Crippen LogP contribution in [0.1, 0.15) is 33.3 Å². The highest BCUT2D eigenvalue weighted by molar-refractivity contribution is 7.85. The molecule has 0 atom stereocenters. The average molecular weight is 370 g/mol. The third-order valence-electron chi connectivity index (χ3n) is 4.99. The van der Waals surface area contributed by atoms with Crippen molar-refractivity contribution < 1.29 is 17.5 Å². The first kappa shape index (κ1) is 18.5. The van der Waals surface area contributed by atoms with Crippen LogP contribution in [-0.2, 0) is 15.5 Å². The van der Waals surface area contributed by atoms with E-state index in [1.54, 1.807) is 12.1 Å². The SMILES string of the molecule is C/C=C/C=C/C1=[N+](CC)c2ccc3ccc(S(=O)(=O)O)cc3c2C1(C)C. The number of rotatable bonds is 4. The van der Waals surface area contributed by atoms with Gasteiger partial charge in [-0.3, -0.25) is 4.55 Å². The van der Waals surface area contributed by atoms with Crippen molar-refractivity contribution in [3.05, 3.63) is 60.2 Å². The molecule has 0 spiro atoms. The van der Waals surface area contributed by atoms with Crippen LogP contribution >= 0.6 is 0 Å². The Balaban J connectivity index is 2.33. The molecule has 0 aliphatic carbocycles. The minimum atomic E-state index is -4.24. The van der Waals surface area contributed by atoms with Crippen LogP contribution in [0.3, 0.4) is 0 Å². The van der Waals surface area contributed by atoms with Crippen molar-refractivity contribution in [3.63, 3.8) is 0 Å². The van der Waals surface area contributed by atoms with Gasteiger partial charge in [-0.05, 0) is 56.7 Å². The van der Waals surface area contributed by atoms with E-state index in [1.807, 2.05) is 31.2 Å². The Bertz CT molecular complexity index is 1070. The molecule has 5 heteroatoms. The summed E-state index contributed by atoms with van der Waals surface area (Å²) in [5, 5.41) is 1.81. The highest BCUT2D eigenvalue weighted by Crippen LogP contribution is 2.44. The Kier molecular flexibility index (Phi) is 4.63. The van der Waals surface area contributed by atoms with Crippen LogP contribution in [-0.4, -0.2) is 29.8 Å². The largest absolute Gasteiger partial charge is 0.294 e. The maximum Gasteiger partial charge on any atom is 0.294 e. The summed E-state index contributed by atoms with van der Waals surface area (Å²) in [4.78, 5) is -0.0739. The third-order valence-corrected chi connectivity index (χ3v) is 5.84. The van der Waals surface area contributed by atoms with Crippen LogP contribution in [0.4, 0.5) is 5.69 Å². The maximum absolute atomic E-state index is 11.6. The fourth-order valence-electron chi connectivity index (χ4n) is 3.82. The van der Waals surface area contributed by atoms with Crippen LogP contribution in [0.15, 0.2) is 59.5 Å². The number of allylic oxidation sites excluding steroid dienone is 4. The Morgan fingerprint density at radius 1 is 1.15 bits per heavy atom. The number of hydrogen-bond donors (Lipinski definition) is 1. The van der Waals surface area contributed by atoms with Gasteiger partial charge in [0.25, 0.3) is 10.1 Å². The molecule has 0 fully saturated rings. The van der Waals surface area contributed by atoms with Gasteiger partial charge in [0.15, 0.2) is 5.71 Å². The molecule has 2 aromatic carbocycles. The lowest BCUT2D eigenvalue weighted by molar-refractivity contribution is -0.433. The van der Waals surface area contributed by atoms with E-state index < -0.39 is 10.1 Å². The fourth-order valence-corrected chi connectivity index (χ4v) is 4.33. The zero-order valence-corrected chi connectivity index (χ0v) is 16.3. The molecule has 1 aliphatic rings. The molecule has 0 amide bonds. The first-order valence-corrected chi connectivity index (χ1v) is 10.1. The first-order valence-electron chi connectivity index (χ1n) is 8.71. The molecule has 1 aliphatic heterocycles. The second kappa shape index (κ2) is 6.49. The van der Waals surface area contributed by atoms with Crippen LogP contribution in [0.25, 0.3) is 10.8 Å². The van der Waals surface area contributed by atoms with Gasteiger partial charge in [0.1, 0.15) is 6.54 Å². The van der Waals surface area contributed by atoms with Crippen molar-refractivity contribution in [3.8, 4) is 0 Å². The van der Waals surface area contributed by atoms with E-state index in [1.165, 1.54) is 6.07 Å². The lowest BCUT2D eigenvalue weighted by Gasteiger charge is -2.18. The highest BCUT2D eigenvalue weighted by Gasteiger charge is 2.45. The smallest absolute Gasteiger partial charge is 0.282 e. The summed E-state index contributed by atoms with van der Waals surface area (Å²) in [5.41, 5.74) is 3.04. The molecule has 0 bridgehead atoms. The minimum absolute atomic E-state index is 0.0739. The van der Waals surface area contributed by atoms with E-state index in [2.05, 4.69) is 37.5 Å². The van der Waals surface area contributed by atoms with E-state index >= 15 is 0 Å². The van der Waals surface area contributed by atoms with E-state index in [4.69, 9.17) is 0 Å². The van der Waals surface area contributed by atoms with Crippen molar-refractivity contribution in [2.24, 2.45) is 0 Å². The number of hydrogen-bond acceptors (Lipinski definition) is 2. The van der Waals surface area contributed by atoms with Crippen LogP contribution in [0.2, 0.25) is 0 Å².